The van der Waals surface area contributed by atoms with Crippen molar-refractivity contribution >= 4 is 18.1 Å². The molecule has 0 aromatic heterocycles. The topological polar surface area (TPSA) is 20.2 Å². The molecule has 2 aromatic rings. The van der Waals surface area contributed by atoms with Crippen molar-refractivity contribution in [3.63, 3.8) is 0 Å². The lowest BCUT2D eigenvalue weighted by Gasteiger charge is -2.10. The summed E-state index contributed by atoms with van der Waals surface area (Å²) in [6.07, 6.45) is 5.15. The predicted octanol–water partition coefficient (Wildman–Crippen LogP) is 5.51. The fourth-order valence-electron chi connectivity index (χ4n) is 2.19. The van der Waals surface area contributed by atoms with Gasteiger partial charge in [-0.15, -0.1) is 0 Å². The molecule has 0 bridgehead atoms. The zero-order chi connectivity index (χ0) is 13.7. The van der Waals surface area contributed by atoms with Crippen LogP contribution >= 0.6 is 12.0 Å². The Hall–Kier alpha value is -1.51. The first-order chi connectivity index (χ1) is 9.28. The lowest BCUT2D eigenvalue weighted by molar-refractivity contribution is 0.664. The first-order valence-corrected chi connectivity index (χ1v) is 7.23. The van der Waals surface area contributed by atoms with Crippen molar-refractivity contribution in [2.45, 2.75) is 25.2 Å². The van der Waals surface area contributed by atoms with E-state index in [1.165, 1.54) is 16.7 Å². The highest BCUT2D eigenvalue weighted by Crippen LogP contribution is 2.29. The van der Waals surface area contributed by atoms with Gasteiger partial charge in [0.1, 0.15) is 0 Å². The van der Waals surface area contributed by atoms with E-state index in [0.29, 0.717) is 0 Å². The van der Waals surface area contributed by atoms with Gasteiger partial charge < -0.3 is 4.55 Å². The molecule has 0 fully saturated rings. The standard InChI is InChI=1S/C17H18OS/c1-3-6-13-9-10-14(4-2)17(11-13)15-7-5-8-16(12-15)19-18/h3,5-12,18H,4H2,1-2H3/b6-3+. The molecule has 0 saturated heterocycles. The Morgan fingerprint density at radius 1 is 1.16 bits per heavy atom. The van der Waals surface area contributed by atoms with E-state index in [9.17, 15) is 4.55 Å². The summed E-state index contributed by atoms with van der Waals surface area (Å²) in [4.78, 5) is 0.871. The molecule has 0 radical (unpaired) electrons. The summed E-state index contributed by atoms with van der Waals surface area (Å²) < 4.78 is 9.18. The van der Waals surface area contributed by atoms with Gasteiger partial charge in [0, 0.05) is 16.9 Å². The zero-order valence-corrected chi connectivity index (χ0v) is 12.1. The minimum atomic E-state index is 0.792. The minimum absolute atomic E-state index is 0.792. The maximum absolute atomic E-state index is 9.18. The summed E-state index contributed by atoms with van der Waals surface area (Å²) in [5.74, 6) is 0. The lowest BCUT2D eigenvalue weighted by atomic mass is 9.96. The molecule has 0 aliphatic carbocycles. The third kappa shape index (κ3) is 3.28. The van der Waals surface area contributed by atoms with E-state index >= 15 is 0 Å². The predicted molar refractivity (Wildman–Crippen MR) is 84.4 cm³/mol. The van der Waals surface area contributed by atoms with Crippen molar-refractivity contribution in [3.05, 3.63) is 59.7 Å². The van der Waals surface area contributed by atoms with Gasteiger partial charge in [0.25, 0.3) is 0 Å². The third-order valence-electron chi connectivity index (χ3n) is 3.12. The van der Waals surface area contributed by atoms with Crippen LogP contribution in [0.2, 0.25) is 0 Å². The molecular weight excluding hydrogens is 252 g/mol. The van der Waals surface area contributed by atoms with Gasteiger partial charge in [-0.25, -0.2) is 0 Å². The van der Waals surface area contributed by atoms with Gasteiger partial charge in [-0.1, -0.05) is 43.3 Å². The van der Waals surface area contributed by atoms with Crippen molar-refractivity contribution in [1.29, 1.82) is 0 Å². The molecule has 19 heavy (non-hydrogen) atoms. The molecule has 2 heteroatoms. The largest absolute Gasteiger partial charge is 0.325 e. The molecule has 0 unspecified atom stereocenters. The van der Waals surface area contributed by atoms with Gasteiger partial charge in [-0.05, 0) is 53.8 Å². The second kappa shape index (κ2) is 6.60. The third-order valence-corrected chi connectivity index (χ3v) is 3.59. The number of allylic oxidation sites excluding steroid dienone is 1. The van der Waals surface area contributed by atoms with Gasteiger partial charge in [0.2, 0.25) is 0 Å². The molecule has 0 saturated carbocycles. The van der Waals surface area contributed by atoms with Crippen molar-refractivity contribution in [1.82, 2.24) is 0 Å². The monoisotopic (exact) mass is 270 g/mol. The van der Waals surface area contributed by atoms with Gasteiger partial charge >= 0.3 is 0 Å². The van der Waals surface area contributed by atoms with E-state index in [0.717, 1.165) is 28.9 Å². The Labute approximate surface area is 119 Å². The molecule has 0 spiro atoms. The highest BCUT2D eigenvalue weighted by molar-refractivity contribution is 7.93. The first-order valence-electron chi connectivity index (χ1n) is 6.46. The molecule has 0 heterocycles. The van der Waals surface area contributed by atoms with E-state index in [1.807, 2.05) is 31.2 Å². The highest BCUT2D eigenvalue weighted by Gasteiger charge is 2.05. The van der Waals surface area contributed by atoms with Crippen molar-refractivity contribution in [2.24, 2.45) is 0 Å². The second-order valence-corrected chi connectivity index (χ2v) is 5.04. The van der Waals surface area contributed by atoms with Crippen LogP contribution in [0.1, 0.15) is 25.0 Å². The summed E-state index contributed by atoms with van der Waals surface area (Å²) >= 11 is 0.792. The van der Waals surface area contributed by atoms with Crippen LogP contribution in [0.25, 0.3) is 17.2 Å². The first kappa shape index (κ1) is 13.9. The molecule has 2 rings (SSSR count). The number of rotatable bonds is 4. The van der Waals surface area contributed by atoms with E-state index < -0.39 is 0 Å². The Bertz CT molecular complexity index is 588. The molecule has 1 N–H and O–H groups in total. The van der Waals surface area contributed by atoms with Crippen LogP contribution in [-0.4, -0.2) is 4.55 Å². The van der Waals surface area contributed by atoms with Gasteiger partial charge in [0.15, 0.2) is 0 Å². The minimum Gasteiger partial charge on any atom is -0.325 e. The summed E-state index contributed by atoms with van der Waals surface area (Å²) in [5, 5.41) is 0. The van der Waals surface area contributed by atoms with Crippen molar-refractivity contribution in [2.75, 3.05) is 0 Å². The normalized spacial score (nSPS) is 11.1. The van der Waals surface area contributed by atoms with Crippen LogP contribution in [0.15, 0.2) is 53.4 Å². The molecular formula is C17H18OS. The summed E-state index contributed by atoms with van der Waals surface area (Å²) in [5.41, 5.74) is 4.93. The average molecular weight is 270 g/mol. The lowest BCUT2D eigenvalue weighted by Crippen LogP contribution is -1.89. The Kier molecular flexibility index (Phi) is 4.83. The van der Waals surface area contributed by atoms with Crippen molar-refractivity contribution in [3.8, 4) is 11.1 Å². The van der Waals surface area contributed by atoms with E-state index in [4.69, 9.17) is 0 Å². The Balaban J connectivity index is 2.54. The number of hydrogen-bond donors (Lipinski definition) is 1. The van der Waals surface area contributed by atoms with E-state index in [1.54, 1.807) is 0 Å². The SMILES string of the molecule is C/C=C/c1ccc(CC)c(-c2cccc(SO)c2)c1. The Morgan fingerprint density at radius 3 is 2.68 bits per heavy atom. The quantitative estimate of drug-likeness (QED) is 0.739. The smallest absolute Gasteiger partial charge is 0.0356 e. The second-order valence-electron chi connectivity index (χ2n) is 4.39. The average Bonchev–Trinajstić information content (AvgIpc) is 2.47. The van der Waals surface area contributed by atoms with Gasteiger partial charge in [-0.3, -0.25) is 0 Å². The zero-order valence-electron chi connectivity index (χ0n) is 11.3. The Morgan fingerprint density at radius 2 is 2.00 bits per heavy atom. The van der Waals surface area contributed by atoms with Crippen LogP contribution in [0, 0.1) is 0 Å². The summed E-state index contributed by atoms with van der Waals surface area (Å²) in [6.45, 7) is 4.19. The number of benzene rings is 2. The molecule has 2 aromatic carbocycles. The van der Waals surface area contributed by atoms with Crippen molar-refractivity contribution < 1.29 is 4.55 Å². The number of aryl methyl sites for hydroxylation is 1. The van der Waals surface area contributed by atoms with E-state index in [2.05, 4.69) is 37.3 Å². The maximum Gasteiger partial charge on any atom is 0.0356 e. The van der Waals surface area contributed by atoms with Crippen LogP contribution in [0.5, 0.6) is 0 Å². The fourth-order valence-corrected chi connectivity index (χ4v) is 2.51. The summed E-state index contributed by atoms with van der Waals surface area (Å²) in [7, 11) is 0. The van der Waals surface area contributed by atoms with Crippen LogP contribution in [-0.2, 0) is 6.42 Å². The molecule has 0 amide bonds. The van der Waals surface area contributed by atoms with Crippen LogP contribution in [0.3, 0.4) is 0 Å². The van der Waals surface area contributed by atoms with Gasteiger partial charge in [-0.2, -0.15) is 0 Å². The number of hydrogen-bond acceptors (Lipinski definition) is 2. The molecule has 1 nitrogen and oxygen atoms in total. The summed E-state index contributed by atoms with van der Waals surface area (Å²) in [6, 6.07) is 14.5. The van der Waals surface area contributed by atoms with E-state index in [-0.39, 0.29) is 0 Å². The molecule has 0 atom stereocenters. The fraction of sp³-hybridized carbons (Fsp3) is 0.176. The molecule has 0 aliphatic rings. The van der Waals surface area contributed by atoms with Gasteiger partial charge in [0.05, 0.1) is 0 Å². The van der Waals surface area contributed by atoms with Crippen LogP contribution in [0.4, 0.5) is 0 Å². The molecule has 98 valence electrons. The van der Waals surface area contributed by atoms with Crippen LogP contribution < -0.4 is 0 Å². The highest BCUT2D eigenvalue weighted by atomic mass is 32.2. The maximum atomic E-state index is 9.18. The molecule has 0 aliphatic heterocycles.